The molecule has 0 bridgehead atoms. The lowest BCUT2D eigenvalue weighted by Crippen LogP contribution is -2.32. The Morgan fingerprint density at radius 2 is 2.16 bits per heavy atom. The molecule has 0 saturated heterocycles. The van der Waals surface area contributed by atoms with Crippen LogP contribution < -0.4 is 10.1 Å². The van der Waals surface area contributed by atoms with Crippen LogP contribution in [0.3, 0.4) is 0 Å². The number of ether oxygens (including phenoxy) is 1. The summed E-state index contributed by atoms with van der Waals surface area (Å²) in [6.45, 7) is 3.31. The summed E-state index contributed by atoms with van der Waals surface area (Å²) in [5.74, 6) is 3.05. The van der Waals surface area contributed by atoms with Gasteiger partial charge in [0, 0.05) is 10.9 Å². The number of nitrogens with one attached hydrogen (secondary N) is 1. The minimum absolute atomic E-state index is 0.753. The second-order valence-electron chi connectivity index (χ2n) is 5.14. The Labute approximate surface area is 121 Å². The fourth-order valence-electron chi connectivity index (χ4n) is 2.97. The third-order valence-electron chi connectivity index (χ3n) is 3.94. The molecule has 2 unspecified atom stereocenters. The number of hydrogen-bond donors (Lipinski definition) is 1. The number of thioether (sulfide) groups is 1. The highest BCUT2D eigenvalue weighted by atomic mass is 32.2. The molecule has 1 aromatic rings. The van der Waals surface area contributed by atoms with Crippen LogP contribution >= 0.6 is 11.8 Å². The standard InChI is InChI=1S/C16H25NOS/c1-3-17-14-8-6-7-13(14)11-12-19-16-10-5-4-9-15(16)18-2/h4-5,9-10,13-14,17H,3,6-8,11-12H2,1-2H3. The van der Waals surface area contributed by atoms with Crippen LogP contribution in [0.15, 0.2) is 29.2 Å². The van der Waals surface area contributed by atoms with Crippen molar-refractivity contribution in [2.24, 2.45) is 5.92 Å². The Balaban J connectivity index is 1.79. The summed E-state index contributed by atoms with van der Waals surface area (Å²) in [7, 11) is 1.75. The number of hydrogen-bond acceptors (Lipinski definition) is 3. The van der Waals surface area contributed by atoms with Crippen molar-refractivity contribution in [3.8, 4) is 5.75 Å². The molecule has 1 saturated carbocycles. The normalized spacial score (nSPS) is 22.6. The van der Waals surface area contributed by atoms with Gasteiger partial charge in [-0.3, -0.25) is 0 Å². The third kappa shape index (κ3) is 4.15. The molecule has 19 heavy (non-hydrogen) atoms. The number of methoxy groups -OCH3 is 1. The van der Waals surface area contributed by atoms with E-state index in [1.807, 2.05) is 23.9 Å². The molecule has 1 N–H and O–H groups in total. The van der Waals surface area contributed by atoms with Crippen LogP contribution in [0.25, 0.3) is 0 Å². The minimum Gasteiger partial charge on any atom is -0.496 e. The van der Waals surface area contributed by atoms with Gasteiger partial charge in [0.05, 0.1) is 7.11 Å². The van der Waals surface area contributed by atoms with E-state index in [2.05, 4.69) is 24.4 Å². The molecule has 0 amide bonds. The summed E-state index contributed by atoms with van der Waals surface area (Å²) in [5, 5.41) is 3.63. The van der Waals surface area contributed by atoms with Crippen molar-refractivity contribution in [1.82, 2.24) is 5.32 Å². The lowest BCUT2D eigenvalue weighted by molar-refractivity contribution is 0.399. The third-order valence-corrected chi connectivity index (χ3v) is 5.03. The molecule has 0 aromatic heterocycles. The van der Waals surface area contributed by atoms with Gasteiger partial charge in [-0.1, -0.05) is 25.5 Å². The highest BCUT2D eigenvalue weighted by molar-refractivity contribution is 7.99. The van der Waals surface area contributed by atoms with Gasteiger partial charge in [0.1, 0.15) is 5.75 Å². The molecular weight excluding hydrogens is 254 g/mol. The fraction of sp³-hybridized carbons (Fsp3) is 0.625. The summed E-state index contributed by atoms with van der Waals surface area (Å²) >= 11 is 1.93. The largest absolute Gasteiger partial charge is 0.496 e. The van der Waals surface area contributed by atoms with Gasteiger partial charge in [0.25, 0.3) is 0 Å². The zero-order valence-corrected chi connectivity index (χ0v) is 12.8. The first-order valence-corrected chi connectivity index (χ1v) is 8.33. The minimum atomic E-state index is 0.753. The molecule has 1 fully saturated rings. The lowest BCUT2D eigenvalue weighted by atomic mass is 10.0. The van der Waals surface area contributed by atoms with Crippen LogP contribution in [0.4, 0.5) is 0 Å². The summed E-state index contributed by atoms with van der Waals surface area (Å²) in [5.41, 5.74) is 0. The van der Waals surface area contributed by atoms with Gasteiger partial charge < -0.3 is 10.1 Å². The zero-order chi connectivity index (χ0) is 13.5. The highest BCUT2D eigenvalue weighted by Crippen LogP contribution is 2.33. The van der Waals surface area contributed by atoms with Crippen LogP contribution in [0.2, 0.25) is 0 Å². The second-order valence-corrected chi connectivity index (χ2v) is 6.28. The number of para-hydroxylation sites is 1. The van der Waals surface area contributed by atoms with Gasteiger partial charge in [-0.2, -0.15) is 0 Å². The van der Waals surface area contributed by atoms with E-state index < -0.39 is 0 Å². The maximum Gasteiger partial charge on any atom is 0.132 e. The van der Waals surface area contributed by atoms with Gasteiger partial charge >= 0.3 is 0 Å². The average molecular weight is 279 g/mol. The fourth-order valence-corrected chi connectivity index (χ4v) is 4.08. The van der Waals surface area contributed by atoms with E-state index in [1.165, 1.54) is 36.3 Å². The Kier molecular flexibility index (Phi) is 6.05. The molecule has 0 radical (unpaired) electrons. The summed E-state index contributed by atoms with van der Waals surface area (Å²) < 4.78 is 5.39. The van der Waals surface area contributed by atoms with E-state index in [-0.39, 0.29) is 0 Å². The number of benzene rings is 1. The van der Waals surface area contributed by atoms with Crippen molar-refractivity contribution >= 4 is 11.8 Å². The van der Waals surface area contributed by atoms with Gasteiger partial charge in [-0.05, 0) is 49.6 Å². The Hall–Kier alpha value is -0.670. The molecule has 1 aliphatic carbocycles. The van der Waals surface area contributed by atoms with Gasteiger partial charge in [0.15, 0.2) is 0 Å². The van der Waals surface area contributed by atoms with Crippen LogP contribution in [0.1, 0.15) is 32.6 Å². The maximum atomic E-state index is 5.39. The van der Waals surface area contributed by atoms with Crippen LogP contribution in [-0.2, 0) is 0 Å². The van der Waals surface area contributed by atoms with Crippen molar-refractivity contribution in [2.75, 3.05) is 19.4 Å². The predicted octanol–water partition coefficient (Wildman–Crippen LogP) is 3.96. The SMILES string of the molecule is CCNC1CCCC1CCSc1ccccc1OC. The molecule has 0 spiro atoms. The van der Waals surface area contributed by atoms with Crippen molar-refractivity contribution in [2.45, 2.75) is 43.5 Å². The molecule has 2 rings (SSSR count). The monoisotopic (exact) mass is 279 g/mol. The Bertz CT molecular complexity index is 383. The van der Waals surface area contributed by atoms with E-state index in [0.717, 1.165) is 24.3 Å². The van der Waals surface area contributed by atoms with E-state index in [4.69, 9.17) is 4.74 Å². The number of rotatable bonds is 7. The summed E-state index contributed by atoms with van der Waals surface area (Å²) in [6.07, 6.45) is 5.45. The molecular formula is C16H25NOS. The van der Waals surface area contributed by atoms with Crippen LogP contribution in [-0.4, -0.2) is 25.4 Å². The molecule has 3 heteroatoms. The predicted molar refractivity (Wildman–Crippen MR) is 83.1 cm³/mol. The highest BCUT2D eigenvalue weighted by Gasteiger charge is 2.25. The molecule has 0 heterocycles. The van der Waals surface area contributed by atoms with E-state index in [9.17, 15) is 0 Å². The van der Waals surface area contributed by atoms with Crippen LogP contribution in [0, 0.1) is 5.92 Å². The second kappa shape index (κ2) is 7.81. The van der Waals surface area contributed by atoms with Gasteiger partial charge in [0.2, 0.25) is 0 Å². The quantitative estimate of drug-likeness (QED) is 0.763. The maximum absolute atomic E-state index is 5.39. The topological polar surface area (TPSA) is 21.3 Å². The van der Waals surface area contributed by atoms with E-state index in [1.54, 1.807) is 7.11 Å². The van der Waals surface area contributed by atoms with Crippen molar-refractivity contribution in [3.05, 3.63) is 24.3 Å². The summed E-state index contributed by atoms with van der Waals surface area (Å²) in [4.78, 5) is 1.27. The van der Waals surface area contributed by atoms with Crippen molar-refractivity contribution in [1.29, 1.82) is 0 Å². The summed E-state index contributed by atoms with van der Waals surface area (Å²) in [6, 6.07) is 9.06. The average Bonchev–Trinajstić information content (AvgIpc) is 2.87. The van der Waals surface area contributed by atoms with Gasteiger partial charge in [-0.15, -0.1) is 11.8 Å². The van der Waals surface area contributed by atoms with Gasteiger partial charge in [-0.25, -0.2) is 0 Å². The van der Waals surface area contributed by atoms with Crippen molar-refractivity contribution < 1.29 is 4.74 Å². The van der Waals surface area contributed by atoms with Crippen LogP contribution in [0.5, 0.6) is 5.75 Å². The molecule has 0 aliphatic heterocycles. The van der Waals surface area contributed by atoms with E-state index in [0.29, 0.717) is 0 Å². The lowest BCUT2D eigenvalue weighted by Gasteiger charge is -2.20. The first-order valence-electron chi connectivity index (χ1n) is 7.34. The Morgan fingerprint density at radius 3 is 2.95 bits per heavy atom. The first kappa shape index (κ1) is 14.7. The smallest absolute Gasteiger partial charge is 0.132 e. The van der Waals surface area contributed by atoms with E-state index >= 15 is 0 Å². The molecule has 1 aliphatic rings. The molecule has 2 nitrogen and oxygen atoms in total. The zero-order valence-electron chi connectivity index (χ0n) is 12.0. The van der Waals surface area contributed by atoms with Crippen molar-refractivity contribution in [3.63, 3.8) is 0 Å². The first-order chi connectivity index (χ1) is 9.35. The molecule has 2 atom stereocenters. The Morgan fingerprint density at radius 1 is 1.32 bits per heavy atom. The molecule has 1 aromatic carbocycles. The molecule has 106 valence electrons.